The number of benzene rings is 1. The number of hydrogen-bond acceptors (Lipinski definition) is 4. The zero-order chi connectivity index (χ0) is 16.5. The van der Waals surface area contributed by atoms with E-state index in [1.54, 1.807) is 23.1 Å². The summed E-state index contributed by atoms with van der Waals surface area (Å²) in [6.07, 6.45) is 2.40. The van der Waals surface area contributed by atoms with Gasteiger partial charge in [-0.25, -0.2) is 0 Å². The van der Waals surface area contributed by atoms with Crippen LogP contribution in [-0.4, -0.2) is 36.5 Å². The summed E-state index contributed by atoms with van der Waals surface area (Å²) in [5.74, 6) is 0.804. The maximum absolute atomic E-state index is 12.5. The summed E-state index contributed by atoms with van der Waals surface area (Å²) >= 11 is 9.20. The van der Waals surface area contributed by atoms with Gasteiger partial charge in [0.1, 0.15) is 0 Å². The van der Waals surface area contributed by atoms with E-state index in [1.807, 2.05) is 36.4 Å². The SMILES string of the molecule is O=C(N[C@@H]1C[C@H]2CCN(C2)C1)c1ccc(Sc2ccc(Cl)s2)cc1. The third kappa shape index (κ3) is 3.80. The second-order valence-corrected chi connectivity index (χ2v) is 9.59. The number of carbonyl (C=O) groups excluding carboxylic acids is 1. The van der Waals surface area contributed by atoms with Crippen LogP contribution in [0.15, 0.2) is 45.5 Å². The van der Waals surface area contributed by atoms with Crippen molar-refractivity contribution < 1.29 is 4.79 Å². The van der Waals surface area contributed by atoms with Crippen LogP contribution in [0, 0.1) is 5.92 Å². The Balaban J connectivity index is 1.36. The predicted molar refractivity (Wildman–Crippen MR) is 100 cm³/mol. The number of fused-ring (bicyclic) bond motifs is 2. The molecule has 0 saturated carbocycles. The minimum Gasteiger partial charge on any atom is -0.348 e. The first-order valence-electron chi connectivity index (χ1n) is 8.22. The van der Waals surface area contributed by atoms with E-state index in [2.05, 4.69) is 10.2 Å². The Labute approximate surface area is 155 Å². The van der Waals surface area contributed by atoms with Gasteiger partial charge in [-0.15, -0.1) is 11.3 Å². The molecule has 2 saturated heterocycles. The van der Waals surface area contributed by atoms with Crippen molar-refractivity contribution in [3.8, 4) is 0 Å². The quantitative estimate of drug-likeness (QED) is 0.857. The lowest BCUT2D eigenvalue weighted by atomic mass is 9.96. The van der Waals surface area contributed by atoms with Gasteiger partial charge in [-0.2, -0.15) is 0 Å². The molecule has 1 amide bonds. The van der Waals surface area contributed by atoms with Gasteiger partial charge in [-0.05, 0) is 61.7 Å². The van der Waals surface area contributed by atoms with Crippen molar-refractivity contribution in [1.29, 1.82) is 0 Å². The third-order valence-corrected chi connectivity index (χ3v) is 7.06. The van der Waals surface area contributed by atoms with Gasteiger partial charge < -0.3 is 10.2 Å². The van der Waals surface area contributed by atoms with E-state index in [0.29, 0.717) is 6.04 Å². The summed E-state index contributed by atoms with van der Waals surface area (Å²) in [4.78, 5) is 16.0. The van der Waals surface area contributed by atoms with Gasteiger partial charge >= 0.3 is 0 Å². The monoisotopic (exact) mass is 378 g/mol. The van der Waals surface area contributed by atoms with Gasteiger partial charge in [0.15, 0.2) is 0 Å². The van der Waals surface area contributed by atoms with E-state index in [9.17, 15) is 4.79 Å². The van der Waals surface area contributed by atoms with Crippen LogP contribution in [0.3, 0.4) is 0 Å². The van der Waals surface area contributed by atoms with Crippen molar-refractivity contribution >= 4 is 40.6 Å². The third-order valence-electron chi connectivity index (χ3n) is 4.69. The lowest BCUT2D eigenvalue weighted by molar-refractivity contribution is 0.0909. The molecule has 1 aromatic carbocycles. The first-order chi connectivity index (χ1) is 11.7. The van der Waals surface area contributed by atoms with Crippen molar-refractivity contribution in [2.75, 3.05) is 19.6 Å². The molecule has 3 nitrogen and oxygen atoms in total. The first kappa shape index (κ1) is 16.5. The first-order valence-corrected chi connectivity index (χ1v) is 10.2. The number of nitrogens with one attached hydrogen (secondary N) is 1. The van der Waals surface area contributed by atoms with E-state index in [-0.39, 0.29) is 5.91 Å². The number of nitrogens with zero attached hydrogens (tertiary/aromatic N) is 1. The topological polar surface area (TPSA) is 32.3 Å². The number of carbonyl (C=O) groups is 1. The number of piperidine rings is 1. The van der Waals surface area contributed by atoms with Gasteiger partial charge in [0, 0.05) is 29.6 Å². The summed E-state index contributed by atoms with van der Waals surface area (Å²) in [5.41, 5.74) is 0.733. The number of thiophene rings is 1. The van der Waals surface area contributed by atoms with Crippen molar-refractivity contribution in [2.24, 2.45) is 5.92 Å². The zero-order valence-electron chi connectivity index (χ0n) is 13.2. The normalized spacial score (nSPS) is 25.6. The molecule has 0 spiro atoms. The van der Waals surface area contributed by atoms with Gasteiger partial charge in [-0.1, -0.05) is 23.4 Å². The molecular formula is C18H19ClN2OS2. The molecular weight excluding hydrogens is 360 g/mol. The molecule has 2 bridgehead atoms. The van der Waals surface area contributed by atoms with Crippen LogP contribution in [0.1, 0.15) is 23.2 Å². The Morgan fingerprint density at radius 1 is 1.21 bits per heavy atom. The highest BCUT2D eigenvalue weighted by molar-refractivity contribution is 8.01. The Morgan fingerprint density at radius 3 is 2.75 bits per heavy atom. The fourth-order valence-electron chi connectivity index (χ4n) is 3.58. The molecule has 2 fully saturated rings. The molecule has 1 N–H and O–H groups in total. The van der Waals surface area contributed by atoms with Crippen LogP contribution in [0.5, 0.6) is 0 Å². The molecule has 0 radical (unpaired) electrons. The van der Waals surface area contributed by atoms with Crippen LogP contribution >= 0.6 is 34.7 Å². The summed E-state index contributed by atoms with van der Waals surface area (Å²) in [6, 6.07) is 12.0. The summed E-state index contributed by atoms with van der Waals surface area (Å²) in [5, 5.41) is 3.21. The molecule has 126 valence electrons. The molecule has 1 aromatic heterocycles. The van der Waals surface area contributed by atoms with Gasteiger partial charge in [0.2, 0.25) is 0 Å². The highest BCUT2D eigenvalue weighted by atomic mass is 35.5. The van der Waals surface area contributed by atoms with Crippen molar-refractivity contribution in [3.05, 3.63) is 46.3 Å². The highest BCUT2D eigenvalue weighted by Gasteiger charge is 2.32. The Bertz CT molecular complexity index is 719. The Kier molecular flexibility index (Phi) is 4.86. The summed E-state index contributed by atoms with van der Waals surface area (Å²) in [7, 11) is 0. The molecule has 6 heteroatoms. The van der Waals surface area contributed by atoms with E-state index < -0.39 is 0 Å². The predicted octanol–water partition coefficient (Wildman–Crippen LogP) is 4.38. The second-order valence-electron chi connectivity index (χ2n) is 6.51. The van der Waals surface area contributed by atoms with Gasteiger partial charge in [0.25, 0.3) is 5.91 Å². The standard InChI is InChI=1S/C18H19ClN2OS2/c19-16-5-6-17(24-16)23-15-3-1-13(2-4-15)18(22)20-14-9-12-7-8-21(10-12)11-14/h1-6,12,14H,7-11H2,(H,20,22)/t12-,14-/m1/s1. The van der Waals surface area contributed by atoms with E-state index >= 15 is 0 Å². The largest absolute Gasteiger partial charge is 0.348 e. The molecule has 24 heavy (non-hydrogen) atoms. The average Bonchev–Trinajstić information content (AvgIpc) is 3.13. The van der Waals surface area contributed by atoms with Crippen LogP contribution < -0.4 is 5.32 Å². The summed E-state index contributed by atoms with van der Waals surface area (Å²) < 4.78 is 1.95. The fraction of sp³-hybridized carbons (Fsp3) is 0.389. The van der Waals surface area contributed by atoms with Crippen molar-refractivity contribution in [2.45, 2.75) is 28.0 Å². The minimum absolute atomic E-state index is 0.0400. The number of amides is 1. The zero-order valence-corrected chi connectivity index (χ0v) is 15.6. The second kappa shape index (κ2) is 7.08. The number of halogens is 1. The smallest absolute Gasteiger partial charge is 0.251 e. The minimum atomic E-state index is 0.0400. The maximum Gasteiger partial charge on any atom is 0.251 e. The lowest BCUT2D eigenvalue weighted by Gasteiger charge is -2.30. The van der Waals surface area contributed by atoms with Gasteiger partial charge in [-0.3, -0.25) is 4.79 Å². The highest BCUT2D eigenvalue weighted by Crippen LogP contribution is 2.35. The molecule has 2 aliphatic heterocycles. The molecule has 0 aliphatic carbocycles. The Morgan fingerprint density at radius 2 is 2.04 bits per heavy atom. The number of hydrogen-bond donors (Lipinski definition) is 1. The molecule has 3 atom stereocenters. The average molecular weight is 379 g/mol. The van der Waals surface area contributed by atoms with Crippen LogP contribution in [-0.2, 0) is 0 Å². The summed E-state index contributed by atoms with van der Waals surface area (Å²) in [6.45, 7) is 3.40. The van der Waals surface area contributed by atoms with Gasteiger partial charge in [0.05, 0.1) is 8.55 Å². The van der Waals surface area contributed by atoms with Crippen LogP contribution in [0.25, 0.3) is 0 Å². The van der Waals surface area contributed by atoms with Crippen molar-refractivity contribution in [3.63, 3.8) is 0 Å². The molecule has 1 unspecified atom stereocenters. The molecule has 2 aromatic rings. The lowest BCUT2D eigenvalue weighted by Crippen LogP contribution is -2.47. The van der Waals surface area contributed by atoms with E-state index in [1.165, 1.54) is 19.5 Å². The molecule has 3 heterocycles. The van der Waals surface area contributed by atoms with E-state index in [4.69, 9.17) is 11.6 Å². The van der Waals surface area contributed by atoms with Crippen LogP contribution in [0.2, 0.25) is 4.34 Å². The Hall–Kier alpha value is -1.01. The van der Waals surface area contributed by atoms with Crippen molar-refractivity contribution in [1.82, 2.24) is 10.2 Å². The fourth-order valence-corrected chi connectivity index (χ4v) is 5.86. The molecule has 2 aliphatic rings. The van der Waals surface area contributed by atoms with Crippen LogP contribution in [0.4, 0.5) is 0 Å². The number of rotatable bonds is 4. The van der Waals surface area contributed by atoms with E-state index in [0.717, 1.165) is 37.9 Å². The maximum atomic E-state index is 12.5. The molecule has 4 rings (SSSR count).